The Morgan fingerprint density at radius 1 is 1.06 bits per heavy atom. The first-order valence-electron chi connectivity index (χ1n) is 10.6. The first-order chi connectivity index (χ1) is 16.3. The first-order valence-corrected chi connectivity index (χ1v) is 12.0. The van der Waals surface area contributed by atoms with Gasteiger partial charge in [-0.2, -0.15) is 0 Å². The monoisotopic (exact) mass is 495 g/mol. The standard InChI is InChI=1S/C26H23ClFN3O2S/c1-15-10-21-22(11-16(15)2)31-26(13-20(29-21)17-4-7-19(28)8-5-17)34-14-25(32)30-23-12-18(27)6-9-24(23)33-3/h4-12H,13-14H2,1-3H3,(H,30,32). The minimum atomic E-state index is -0.304. The highest BCUT2D eigenvalue weighted by Gasteiger charge is 2.18. The Kier molecular flexibility index (Phi) is 7.34. The maximum Gasteiger partial charge on any atom is 0.234 e. The molecule has 1 heterocycles. The molecule has 1 amide bonds. The Hall–Kier alpha value is -3.16. The maximum atomic E-state index is 13.5. The van der Waals surface area contributed by atoms with E-state index in [1.165, 1.54) is 31.0 Å². The number of thioether (sulfide) groups is 1. The predicted octanol–water partition coefficient (Wildman–Crippen LogP) is 7.03. The molecular weight excluding hydrogens is 473 g/mol. The molecule has 0 unspecified atom stereocenters. The van der Waals surface area contributed by atoms with Crippen LogP contribution in [-0.2, 0) is 4.79 Å². The number of hydrogen-bond donors (Lipinski definition) is 1. The van der Waals surface area contributed by atoms with Crippen molar-refractivity contribution in [3.63, 3.8) is 0 Å². The lowest BCUT2D eigenvalue weighted by Crippen LogP contribution is -2.16. The Morgan fingerprint density at radius 3 is 2.41 bits per heavy atom. The SMILES string of the molecule is COc1ccc(Cl)cc1NC(=O)CSC1=Nc2cc(C)c(C)cc2N=C(c2ccc(F)cc2)C1. The van der Waals surface area contributed by atoms with Crippen LogP contribution >= 0.6 is 23.4 Å². The van der Waals surface area contributed by atoms with Gasteiger partial charge in [0, 0.05) is 11.4 Å². The molecule has 3 aromatic rings. The zero-order valence-electron chi connectivity index (χ0n) is 19.0. The van der Waals surface area contributed by atoms with E-state index in [1.807, 2.05) is 26.0 Å². The van der Waals surface area contributed by atoms with E-state index in [0.717, 1.165) is 38.8 Å². The van der Waals surface area contributed by atoms with Crippen molar-refractivity contribution in [2.24, 2.45) is 9.98 Å². The van der Waals surface area contributed by atoms with Gasteiger partial charge in [-0.25, -0.2) is 9.38 Å². The Bertz CT molecular complexity index is 1310. The molecule has 5 nitrogen and oxygen atoms in total. The Balaban J connectivity index is 1.58. The van der Waals surface area contributed by atoms with Crippen LogP contribution in [0.2, 0.25) is 5.02 Å². The minimum absolute atomic E-state index is 0.144. The molecule has 0 fully saturated rings. The molecule has 8 heteroatoms. The molecule has 0 saturated heterocycles. The third-order valence-electron chi connectivity index (χ3n) is 5.39. The maximum absolute atomic E-state index is 13.5. The average molecular weight is 496 g/mol. The van der Waals surface area contributed by atoms with E-state index in [9.17, 15) is 9.18 Å². The average Bonchev–Trinajstić information content (AvgIpc) is 2.98. The third kappa shape index (κ3) is 5.66. The van der Waals surface area contributed by atoms with Gasteiger partial charge in [-0.3, -0.25) is 9.79 Å². The summed E-state index contributed by atoms with van der Waals surface area (Å²) in [6, 6.07) is 15.3. The molecule has 0 radical (unpaired) electrons. The molecule has 0 bridgehead atoms. The number of halogens is 2. The molecule has 1 N–H and O–H groups in total. The van der Waals surface area contributed by atoms with E-state index in [-0.39, 0.29) is 17.5 Å². The zero-order chi connectivity index (χ0) is 24.2. The second kappa shape index (κ2) is 10.4. The number of benzene rings is 3. The second-order valence-electron chi connectivity index (χ2n) is 7.85. The fraction of sp³-hybridized carbons (Fsp3) is 0.192. The summed E-state index contributed by atoms with van der Waals surface area (Å²) >= 11 is 7.40. The van der Waals surface area contributed by atoms with E-state index in [4.69, 9.17) is 26.3 Å². The van der Waals surface area contributed by atoms with Gasteiger partial charge < -0.3 is 10.1 Å². The van der Waals surface area contributed by atoms with Crippen molar-refractivity contribution in [2.45, 2.75) is 20.3 Å². The van der Waals surface area contributed by atoms with Crippen LogP contribution in [0.4, 0.5) is 21.5 Å². The van der Waals surface area contributed by atoms with Crippen molar-refractivity contribution >= 4 is 57.1 Å². The summed E-state index contributed by atoms with van der Waals surface area (Å²) in [6.07, 6.45) is 0.427. The van der Waals surface area contributed by atoms with Crippen LogP contribution in [0.3, 0.4) is 0 Å². The highest BCUT2D eigenvalue weighted by atomic mass is 35.5. The predicted molar refractivity (Wildman–Crippen MR) is 139 cm³/mol. The summed E-state index contributed by atoms with van der Waals surface area (Å²) in [6.45, 7) is 4.06. The van der Waals surface area contributed by atoms with Crippen molar-refractivity contribution < 1.29 is 13.9 Å². The largest absolute Gasteiger partial charge is 0.495 e. The van der Waals surface area contributed by atoms with E-state index in [0.29, 0.717) is 22.9 Å². The number of anilines is 1. The normalized spacial score (nSPS) is 12.9. The molecule has 174 valence electrons. The molecule has 0 aromatic heterocycles. The lowest BCUT2D eigenvalue weighted by atomic mass is 10.1. The van der Waals surface area contributed by atoms with Crippen molar-refractivity contribution in [3.05, 3.63) is 82.1 Å². The zero-order valence-corrected chi connectivity index (χ0v) is 20.6. The van der Waals surface area contributed by atoms with E-state index in [1.54, 1.807) is 30.3 Å². The number of aryl methyl sites for hydroxylation is 2. The third-order valence-corrected chi connectivity index (χ3v) is 6.60. The smallest absolute Gasteiger partial charge is 0.234 e. The van der Waals surface area contributed by atoms with Crippen molar-refractivity contribution in [2.75, 3.05) is 18.2 Å². The first kappa shape index (κ1) is 24.0. The van der Waals surface area contributed by atoms with Gasteiger partial charge in [0.2, 0.25) is 5.91 Å². The number of methoxy groups -OCH3 is 1. The van der Waals surface area contributed by atoms with Crippen molar-refractivity contribution in [1.29, 1.82) is 0 Å². The quantitative estimate of drug-likeness (QED) is 0.413. The molecule has 0 atom stereocenters. The van der Waals surface area contributed by atoms with Crippen LogP contribution in [-0.4, -0.2) is 29.5 Å². The fourth-order valence-electron chi connectivity index (χ4n) is 3.47. The van der Waals surface area contributed by atoms with Gasteiger partial charge in [0.15, 0.2) is 0 Å². The lowest BCUT2D eigenvalue weighted by Gasteiger charge is -2.11. The summed E-state index contributed by atoms with van der Waals surface area (Å²) in [5.41, 5.74) is 5.82. The Labute approximate surface area is 207 Å². The van der Waals surface area contributed by atoms with Crippen LogP contribution in [0.1, 0.15) is 23.1 Å². The van der Waals surface area contributed by atoms with Gasteiger partial charge >= 0.3 is 0 Å². The number of carbonyl (C=O) groups is 1. The summed E-state index contributed by atoms with van der Waals surface area (Å²) < 4.78 is 18.8. The summed E-state index contributed by atoms with van der Waals surface area (Å²) in [5.74, 6) is 0.158. The molecule has 0 aliphatic carbocycles. The van der Waals surface area contributed by atoms with E-state index < -0.39 is 0 Å². The van der Waals surface area contributed by atoms with Gasteiger partial charge in [-0.15, -0.1) is 11.8 Å². The molecule has 1 aliphatic heterocycles. The summed E-state index contributed by atoms with van der Waals surface area (Å²) in [5, 5.41) is 4.09. The number of nitrogens with one attached hydrogen (secondary N) is 1. The van der Waals surface area contributed by atoms with Crippen molar-refractivity contribution in [3.8, 4) is 5.75 Å². The van der Waals surface area contributed by atoms with Crippen molar-refractivity contribution in [1.82, 2.24) is 0 Å². The van der Waals surface area contributed by atoms with E-state index in [2.05, 4.69) is 5.32 Å². The molecule has 0 spiro atoms. The van der Waals surface area contributed by atoms with Gasteiger partial charge in [0.1, 0.15) is 11.6 Å². The number of rotatable bonds is 5. The highest BCUT2D eigenvalue weighted by Crippen LogP contribution is 2.36. The van der Waals surface area contributed by atoms with E-state index >= 15 is 0 Å². The number of fused-ring (bicyclic) bond motifs is 1. The number of aliphatic imine (C=N–C) groups is 2. The molecule has 1 aliphatic rings. The molecular formula is C26H23ClFN3O2S. The summed E-state index contributed by atoms with van der Waals surface area (Å²) in [4.78, 5) is 22.4. The topological polar surface area (TPSA) is 63.0 Å². The molecule has 34 heavy (non-hydrogen) atoms. The van der Waals surface area contributed by atoms with Gasteiger partial charge in [-0.1, -0.05) is 23.7 Å². The number of carbonyl (C=O) groups excluding carboxylic acids is 1. The van der Waals surface area contributed by atoms with Gasteiger partial charge in [0.25, 0.3) is 0 Å². The minimum Gasteiger partial charge on any atom is -0.495 e. The van der Waals surface area contributed by atoms with Gasteiger partial charge in [0.05, 0.1) is 40.7 Å². The summed E-state index contributed by atoms with van der Waals surface area (Å²) in [7, 11) is 1.53. The van der Waals surface area contributed by atoms with Gasteiger partial charge in [-0.05, 0) is 73.0 Å². The lowest BCUT2D eigenvalue weighted by molar-refractivity contribution is -0.113. The second-order valence-corrected chi connectivity index (χ2v) is 9.34. The molecule has 0 saturated carbocycles. The number of hydrogen-bond acceptors (Lipinski definition) is 5. The molecule has 4 rings (SSSR count). The highest BCUT2D eigenvalue weighted by molar-refractivity contribution is 8.14. The Morgan fingerprint density at radius 2 is 1.74 bits per heavy atom. The molecule has 3 aromatic carbocycles. The fourth-order valence-corrected chi connectivity index (χ4v) is 4.42. The van der Waals surface area contributed by atoms with Crippen LogP contribution in [0.5, 0.6) is 5.75 Å². The number of ether oxygens (including phenoxy) is 1. The number of amides is 1. The van der Waals surface area contributed by atoms with Crippen LogP contribution in [0.25, 0.3) is 0 Å². The van der Waals surface area contributed by atoms with Crippen LogP contribution in [0.15, 0.2) is 64.6 Å². The number of nitrogens with zero attached hydrogens (tertiary/aromatic N) is 2. The van der Waals surface area contributed by atoms with Crippen LogP contribution in [0, 0.1) is 19.7 Å². The van der Waals surface area contributed by atoms with Crippen LogP contribution < -0.4 is 10.1 Å².